The molecule has 0 spiro atoms. The van der Waals surface area contributed by atoms with Gasteiger partial charge in [-0.25, -0.2) is 12.8 Å². The van der Waals surface area contributed by atoms with Crippen LogP contribution in [0.4, 0.5) is 13.2 Å². The molecule has 124 valence electrons. The quantitative estimate of drug-likeness (QED) is 0.856. The highest BCUT2D eigenvalue weighted by atomic mass is 32.2. The first-order valence-electron chi connectivity index (χ1n) is 6.40. The zero-order valence-corrected chi connectivity index (χ0v) is 12.2. The van der Waals surface area contributed by atoms with Crippen molar-refractivity contribution in [2.24, 2.45) is 5.73 Å². The average molecular weight is 340 g/mol. The number of morpholine rings is 1. The second kappa shape index (κ2) is 6.82. The van der Waals surface area contributed by atoms with Crippen LogP contribution in [0.1, 0.15) is 0 Å². The van der Waals surface area contributed by atoms with E-state index in [1.807, 2.05) is 0 Å². The number of benzene rings is 1. The fraction of sp³-hybridized carbons (Fsp3) is 0.500. The molecular formula is C12H15F3N2O4S. The first kappa shape index (κ1) is 17.0. The van der Waals surface area contributed by atoms with Gasteiger partial charge in [0.2, 0.25) is 10.0 Å². The summed E-state index contributed by atoms with van der Waals surface area (Å²) in [5, 5.41) is 0. The van der Waals surface area contributed by atoms with E-state index in [0.29, 0.717) is 6.07 Å². The van der Waals surface area contributed by atoms with Crippen LogP contribution in [0.15, 0.2) is 23.1 Å². The summed E-state index contributed by atoms with van der Waals surface area (Å²) >= 11 is 0. The summed E-state index contributed by atoms with van der Waals surface area (Å²) in [6, 6.07) is 2.53. The van der Waals surface area contributed by atoms with E-state index in [1.165, 1.54) is 0 Å². The number of alkyl halides is 2. The van der Waals surface area contributed by atoms with Gasteiger partial charge in [-0.05, 0) is 18.2 Å². The molecule has 10 heteroatoms. The van der Waals surface area contributed by atoms with E-state index in [1.54, 1.807) is 0 Å². The Morgan fingerprint density at radius 2 is 2.18 bits per heavy atom. The zero-order chi connectivity index (χ0) is 16.3. The third-order valence-electron chi connectivity index (χ3n) is 3.12. The van der Waals surface area contributed by atoms with Gasteiger partial charge < -0.3 is 15.2 Å². The smallest absolute Gasteiger partial charge is 0.387 e. The molecule has 1 saturated heterocycles. The largest absolute Gasteiger partial charge is 0.432 e. The number of nitrogens with two attached hydrogens (primary N) is 1. The maximum atomic E-state index is 13.7. The number of ether oxygens (including phenoxy) is 2. The third kappa shape index (κ3) is 3.69. The molecule has 0 aliphatic carbocycles. The van der Waals surface area contributed by atoms with Gasteiger partial charge in [0.25, 0.3) is 0 Å². The van der Waals surface area contributed by atoms with E-state index in [9.17, 15) is 21.6 Å². The maximum Gasteiger partial charge on any atom is 0.387 e. The van der Waals surface area contributed by atoms with Crippen molar-refractivity contribution in [3.8, 4) is 5.75 Å². The fourth-order valence-corrected chi connectivity index (χ4v) is 3.50. The van der Waals surface area contributed by atoms with Crippen LogP contribution >= 0.6 is 0 Å². The van der Waals surface area contributed by atoms with Gasteiger partial charge in [0.15, 0.2) is 11.6 Å². The van der Waals surface area contributed by atoms with Crippen molar-refractivity contribution in [2.45, 2.75) is 17.6 Å². The highest BCUT2D eigenvalue weighted by Gasteiger charge is 2.31. The Hall–Kier alpha value is -1.36. The summed E-state index contributed by atoms with van der Waals surface area (Å²) in [5.41, 5.74) is 5.44. The van der Waals surface area contributed by atoms with E-state index in [2.05, 4.69) is 4.74 Å². The Bertz CT molecular complexity index is 627. The lowest BCUT2D eigenvalue weighted by Crippen LogP contribution is -2.48. The number of nitrogens with zero attached hydrogens (tertiary/aromatic N) is 1. The summed E-state index contributed by atoms with van der Waals surface area (Å²) < 4.78 is 72.9. The van der Waals surface area contributed by atoms with E-state index in [0.717, 1.165) is 16.4 Å². The van der Waals surface area contributed by atoms with Crippen molar-refractivity contribution < 1.29 is 31.1 Å². The highest BCUT2D eigenvalue weighted by molar-refractivity contribution is 7.89. The molecule has 0 saturated carbocycles. The first-order chi connectivity index (χ1) is 10.3. The average Bonchev–Trinajstić information content (AvgIpc) is 2.49. The minimum atomic E-state index is -3.96. The molecule has 1 aromatic rings. The molecule has 1 aliphatic rings. The summed E-state index contributed by atoms with van der Waals surface area (Å²) in [6.07, 6.45) is -0.435. The molecule has 1 unspecified atom stereocenters. The van der Waals surface area contributed by atoms with Crippen LogP contribution < -0.4 is 10.5 Å². The molecule has 1 fully saturated rings. The number of sulfonamides is 1. The fourth-order valence-electron chi connectivity index (χ4n) is 2.04. The molecule has 0 aromatic heterocycles. The van der Waals surface area contributed by atoms with Gasteiger partial charge in [0, 0.05) is 19.6 Å². The second-order valence-corrected chi connectivity index (χ2v) is 6.50. The first-order valence-corrected chi connectivity index (χ1v) is 7.84. The van der Waals surface area contributed by atoms with Crippen molar-refractivity contribution in [3.63, 3.8) is 0 Å². The van der Waals surface area contributed by atoms with E-state index < -0.39 is 34.3 Å². The number of hydrogen-bond donors (Lipinski definition) is 1. The summed E-state index contributed by atoms with van der Waals surface area (Å²) in [5.74, 6) is -1.89. The van der Waals surface area contributed by atoms with Crippen molar-refractivity contribution in [2.75, 3.05) is 26.2 Å². The molecule has 22 heavy (non-hydrogen) atoms. The van der Waals surface area contributed by atoms with Gasteiger partial charge in [0.1, 0.15) is 0 Å². The van der Waals surface area contributed by atoms with Gasteiger partial charge in [-0.1, -0.05) is 0 Å². The van der Waals surface area contributed by atoms with Crippen LogP contribution in [0.2, 0.25) is 0 Å². The maximum absolute atomic E-state index is 13.7. The van der Waals surface area contributed by atoms with Gasteiger partial charge in [0.05, 0.1) is 17.6 Å². The monoisotopic (exact) mass is 340 g/mol. The Morgan fingerprint density at radius 3 is 2.77 bits per heavy atom. The molecule has 0 bridgehead atoms. The molecule has 1 aliphatic heterocycles. The van der Waals surface area contributed by atoms with E-state index >= 15 is 0 Å². The van der Waals surface area contributed by atoms with Crippen LogP contribution in [0.3, 0.4) is 0 Å². The molecule has 1 atom stereocenters. The summed E-state index contributed by atoms with van der Waals surface area (Å²) in [6.45, 7) is -2.70. The Kier molecular flexibility index (Phi) is 5.27. The van der Waals surface area contributed by atoms with Crippen LogP contribution in [-0.4, -0.2) is 51.7 Å². The minimum absolute atomic E-state index is 0.0513. The summed E-state index contributed by atoms with van der Waals surface area (Å²) in [4.78, 5) is -0.343. The predicted molar refractivity (Wildman–Crippen MR) is 70.6 cm³/mol. The third-order valence-corrected chi connectivity index (χ3v) is 4.98. The molecule has 2 N–H and O–H groups in total. The topological polar surface area (TPSA) is 81.9 Å². The van der Waals surface area contributed by atoms with Crippen LogP contribution in [0.25, 0.3) is 0 Å². The Morgan fingerprint density at radius 1 is 1.45 bits per heavy atom. The summed E-state index contributed by atoms with van der Waals surface area (Å²) in [7, 11) is -3.96. The lowest BCUT2D eigenvalue weighted by Gasteiger charge is -2.31. The van der Waals surface area contributed by atoms with Gasteiger partial charge in [-0.15, -0.1) is 0 Å². The molecular weight excluding hydrogens is 325 g/mol. The molecule has 0 amide bonds. The number of hydrogen-bond acceptors (Lipinski definition) is 5. The van der Waals surface area contributed by atoms with Crippen molar-refractivity contribution in [3.05, 3.63) is 24.0 Å². The normalized spacial score (nSPS) is 20.3. The Balaban J connectivity index is 2.24. The molecule has 2 rings (SSSR count). The van der Waals surface area contributed by atoms with Crippen LogP contribution in [0, 0.1) is 5.82 Å². The number of halogens is 3. The predicted octanol–water partition coefficient (Wildman–Crippen LogP) is 0.775. The van der Waals surface area contributed by atoms with E-state index in [-0.39, 0.29) is 31.1 Å². The molecule has 0 radical (unpaired) electrons. The van der Waals surface area contributed by atoms with Crippen molar-refractivity contribution >= 4 is 10.0 Å². The van der Waals surface area contributed by atoms with Gasteiger partial charge >= 0.3 is 6.61 Å². The molecule has 6 nitrogen and oxygen atoms in total. The van der Waals surface area contributed by atoms with Gasteiger partial charge in [-0.3, -0.25) is 0 Å². The van der Waals surface area contributed by atoms with Gasteiger partial charge in [-0.2, -0.15) is 13.1 Å². The van der Waals surface area contributed by atoms with Crippen LogP contribution in [0.5, 0.6) is 5.75 Å². The number of rotatable bonds is 5. The standard InChI is InChI=1S/C12H15F3N2O4S/c13-10-5-9(1-2-11(10)21-12(14)15)22(18,19)17-3-4-20-8(6-16)7-17/h1-2,5,8,12H,3-4,6-7,16H2. The lowest BCUT2D eigenvalue weighted by atomic mass is 10.3. The Labute approximate surface area is 125 Å². The zero-order valence-electron chi connectivity index (χ0n) is 11.4. The second-order valence-electron chi connectivity index (χ2n) is 4.56. The molecule has 1 heterocycles. The minimum Gasteiger partial charge on any atom is -0.432 e. The SMILES string of the molecule is NCC1CN(S(=O)(=O)c2ccc(OC(F)F)c(F)c2)CCO1. The van der Waals surface area contributed by atoms with Crippen molar-refractivity contribution in [1.29, 1.82) is 0 Å². The van der Waals surface area contributed by atoms with Crippen molar-refractivity contribution in [1.82, 2.24) is 4.31 Å². The lowest BCUT2D eigenvalue weighted by molar-refractivity contribution is -0.0522. The van der Waals surface area contributed by atoms with E-state index in [4.69, 9.17) is 10.5 Å². The van der Waals surface area contributed by atoms with Crippen LogP contribution in [-0.2, 0) is 14.8 Å². The highest BCUT2D eigenvalue weighted by Crippen LogP contribution is 2.25. The molecule has 1 aromatic carbocycles.